The summed E-state index contributed by atoms with van der Waals surface area (Å²) in [6, 6.07) is 13.7. The molecule has 1 aromatic carbocycles. The number of amides is 1. The number of likely N-dealkylation sites (tertiary alicyclic amines) is 1. The Balaban J connectivity index is 1.40. The van der Waals surface area contributed by atoms with E-state index in [9.17, 15) is 9.59 Å². The van der Waals surface area contributed by atoms with Crippen molar-refractivity contribution in [1.29, 1.82) is 0 Å². The fraction of sp³-hybridized carbons (Fsp3) is 0.348. The molecule has 1 saturated heterocycles. The van der Waals surface area contributed by atoms with Gasteiger partial charge in [-0.25, -0.2) is 4.68 Å². The highest BCUT2D eigenvalue weighted by atomic mass is 32.1. The van der Waals surface area contributed by atoms with Gasteiger partial charge in [0.1, 0.15) is 0 Å². The standard InChI is InChI=1S/C23H25N3O2S/c1-17-13-22(28)26(24-23(17)20-5-3-2-4-6-20)15-18-7-10-25(11-8-18)21(27)14-19-9-12-29-16-19/h2-6,9,12-13,16,18H,7-8,10-11,14-15H2,1H3. The molecule has 5 nitrogen and oxygen atoms in total. The van der Waals surface area contributed by atoms with Crippen LogP contribution < -0.4 is 5.56 Å². The van der Waals surface area contributed by atoms with Gasteiger partial charge in [0, 0.05) is 31.3 Å². The van der Waals surface area contributed by atoms with Gasteiger partial charge in [-0.2, -0.15) is 16.4 Å². The minimum absolute atomic E-state index is 0.0573. The number of aryl methyl sites for hydroxylation is 1. The van der Waals surface area contributed by atoms with Gasteiger partial charge >= 0.3 is 0 Å². The van der Waals surface area contributed by atoms with Crippen molar-refractivity contribution in [2.75, 3.05) is 13.1 Å². The van der Waals surface area contributed by atoms with Crippen molar-refractivity contribution in [3.63, 3.8) is 0 Å². The van der Waals surface area contributed by atoms with E-state index in [1.807, 2.05) is 59.0 Å². The number of piperidine rings is 1. The zero-order valence-corrected chi connectivity index (χ0v) is 17.4. The zero-order valence-electron chi connectivity index (χ0n) is 16.6. The summed E-state index contributed by atoms with van der Waals surface area (Å²) in [6.45, 7) is 4.03. The van der Waals surface area contributed by atoms with E-state index in [0.29, 0.717) is 18.9 Å². The van der Waals surface area contributed by atoms with Crippen molar-refractivity contribution in [2.24, 2.45) is 5.92 Å². The molecule has 0 atom stereocenters. The smallest absolute Gasteiger partial charge is 0.267 e. The van der Waals surface area contributed by atoms with E-state index >= 15 is 0 Å². The third-order valence-electron chi connectivity index (χ3n) is 5.57. The Morgan fingerprint density at radius 2 is 1.93 bits per heavy atom. The number of carbonyl (C=O) groups is 1. The van der Waals surface area contributed by atoms with Crippen molar-refractivity contribution in [3.8, 4) is 11.3 Å². The number of rotatable bonds is 5. The Labute approximate surface area is 174 Å². The maximum absolute atomic E-state index is 12.5. The van der Waals surface area contributed by atoms with Gasteiger partial charge in [0.25, 0.3) is 5.56 Å². The van der Waals surface area contributed by atoms with E-state index in [1.165, 1.54) is 0 Å². The molecule has 0 radical (unpaired) electrons. The number of hydrogen-bond acceptors (Lipinski definition) is 4. The lowest BCUT2D eigenvalue weighted by atomic mass is 9.96. The molecule has 1 fully saturated rings. The van der Waals surface area contributed by atoms with Gasteiger partial charge in [0.2, 0.25) is 5.91 Å². The van der Waals surface area contributed by atoms with E-state index < -0.39 is 0 Å². The minimum Gasteiger partial charge on any atom is -0.342 e. The van der Waals surface area contributed by atoms with Crippen LogP contribution in [-0.4, -0.2) is 33.7 Å². The number of thiophene rings is 1. The van der Waals surface area contributed by atoms with Crippen LogP contribution in [0.3, 0.4) is 0 Å². The van der Waals surface area contributed by atoms with Gasteiger partial charge in [0.15, 0.2) is 0 Å². The van der Waals surface area contributed by atoms with Crippen LogP contribution in [0.25, 0.3) is 11.3 Å². The lowest BCUT2D eigenvalue weighted by molar-refractivity contribution is -0.131. The van der Waals surface area contributed by atoms with E-state index in [1.54, 1.807) is 22.1 Å². The average molecular weight is 408 g/mol. The Kier molecular flexibility index (Phi) is 5.90. The number of benzene rings is 1. The second kappa shape index (κ2) is 8.74. The normalized spacial score (nSPS) is 14.9. The van der Waals surface area contributed by atoms with E-state index in [0.717, 1.165) is 48.3 Å². The van der Waals surface area contributed by atoms with Crippen LogP contribution in [0.15, 0.2) is 58.0 Å². The molecule has 1 aliphatic rings. The summed E-state index contributed by atoms with van der Waals surface area (Å²) in [5.41, 5.74) is 3.80. The molecule has 6 heteroatoms. The summed E-state index contributed by atoms with van der Waals surface area (Å²) in [7, 11) is 0. The summed E-state index contributed by atoms with van der Waals surface area (Å²) in [5, 5.41) is 8.70. The van der Waals surface area contributed by atoms with Gasteiger partial charge in [-0.15, -0.1) is 0 Å². The van der Waals surface area contributed by atoms with Crippen LogP contribution in [-0.2, 0) is 17.8 Å². The molecular weight excluding hydrogens is 382 g/mol. The third-order valence-corrected chi connectivity index (χ3v) is 6.30. The molecule has 1 amide bonds. The quantitative estimate of drug-likeness (QED) is 0.647. The first-order valence-electron chi connectivity index (χ1n) is 10.0. The molecule has 29 heavy (non-hydrogen) atoms. The molecule has 0 bridgehead atoms. The first-order chi connectivity index (χ1) is 14.1. The van der Waals surface area contributed by atoms with Crippen molar-refractivity contribution in [2.45, 2.75) is 32.7 Å². The molecule has 0 saturated carbocycles. The Hall–Kier alpha value is -2.73. The summed E-state index contributed by atoms with van der Waals surface area (Å²) in [4.78, 5) is 26.9. The average Bonchev–Trinajstić information content (AvgIpc) is 3.24. The first kappa shape index (κ1) is 19.6. The number of hydrogen-bond donors (Lipinski definition) is 0. The SMILES string of the molecule is Cc1cc(=O)n(CC2CCN(C(=O)Cc3ccsc3)CC2)nc1-c1ccccc1. The van der Waals surface area contributed by atoms with E-state index in [2.05, 4.69) is 5.10 Å². The molecular formula is C23H25N3O2S. The van der Waals surface area contributed by atoms with Crippen molar-refractivity contribution in [3.05, 3.63) is 74.7 Å². The fourth-order valence-corrected chi connectivity index (χ4v) is 4.55. The van der Waals surface area contributed by atoms with Gasteiger partial charge in [-0.1, -0.05) is 30.3 Å². The molecule has 3 aromatic rings. The number of carbonyl (C=O) groups excluding carboxylic acids is 1. The third kappa shape index (κ3) is 4.65. The first-order valence-corrected chi connectivity index (χ1v) is 11.0. The summed E-state index contributed by atoms with van der Waals surface area (Å²) >= 11 is 1.62. The summed E-state index contributed by atoms with van der Waals surface area (Å²) < 4.78 is 1.60. The Bertz CT molecular complexity index is 1020. The number of aromatic nitrogens is 2. The monoisotopic (exact) mass is 407 g/mol. The molecule has 3 heterocycles. The highest BCUT2D eigenvalue weighted by Crippen LogP contribution is 2.22. The van der Waals surface area contributed by atoms with Crippen LogP contribution in [0.5, 0.6) is 0 Å². The fourth-order valence-electron chi connectivity index (χ4n) is 3.88. The van der Waals surface area contributed by atoms with Crippen molar-refractivity contribution in [1.82, 2.24) is 14.7 Å². The Morgan fingerprint density at radius 3 is 2.62 bits per heavy atom. The second-order valence-electron chi connectivity index (χ2n) is 7.69. The maximum Gasteiger partial charge on any atom is 0.267 e. The van der Waals surface area contributed by atoms with Crippen LogP contribution in [0, 0.1) is 12.8 Å². The second-order valence-corrected chi connectivity index (χ2v) is 8.47. The molecule has 0 unspecified atom stereocenters. The molecule has 0 aliphatic carbocycles. The predicted molar refractivity (Wildman–Crippen MR) is 116 cm³/mol. The lowest BCUT2D eigenvalue weighted by Gasteiger charge is -2.32. The van der Waals surface area contributed by atoms with Crippen LogP contribution >= 0.6 is 11.3 Å². The van der Waals surface area contributed by atoms with Crippen LogP contribution in [0.2, 0.25) is 0 Å². The molecule has 0 spiro atoms. The van der Waals surface area contributed by atoms with Gasteiger partial charge < -0.3 is 4.90 Å². The van der Waals surface area contributed by atoms with E-state index in [4.69, 9.17) is 0 Å². The number of nitrogens with zero attached hydrogens (tertiary/aromatic N) is 3. The highest BCUT2D eigenvalue weighted by molar-refractivity contribution is 7.08. The molecule has 4 rings (SSSR count). The van der Waals surface area contributed by atoms with E-state index in [-0.39, 0.29) is 11.5 Å². The highest BCUT2D eigenvalue weighted by Gasteiger charge is 2.24. The van der Waals surface area contributed by atoms with Crippen molar-refractivity contribution >= 4 is 17.2 Å². The van der Waals surface area contributed by atoms with Crippen molar-refractivity contribution < 1.29 is 4.79 Å². The summed E-state index contributed by atoms with van der Waals surface area (Å²) in [5.74, 6) is 0.551. The summed E-state index contributed by atoms with van der Waals surface area (Å²) in [6.07, 6.45) is 2.28. The predicted octanol–water partition coefficient (Wildman–Crippen LogP) is 3.76. The zero-order chi connectivity index (χ0) is 20.2. The molecule has 150 valence electrons. The lowest BCUT2D eigenvalue weighted by Crippen LogP contribution is -2.41. The van der Waals surface area contributed by atoms with Gasteiger partial charge in [-0.3, -0.25) is 9.59 Å². The Morgan fingerprint density at radius 1 is 1.17 bits per heavy atom. The maximum atomic E-state index is 12.5. The van der Waals surface area contributed by atoms with Gasteiger partial charge in [0.05, 0.1) is 12.1 Å². The largest absolute Gasteiger partial charge is 0.342 e. The minimum atomic E-state index is -0.0573. The molecule has 1 aliphatic heterocycles. The molecule has 0 N–H and O–H groups in total. The van der Waals surface area contributed by atoms with Crippen LogP contribution in [0.4, 0.5) is 0 Å². The topological polar surface area (TPSA) is 55.2 Å². The van der Waals surface area contributed by atoms with Crippen LogP contribution in [0.1, 0.15) is 24.0 Å². The van der Waals surface area contributed by atoms with Gasteiger partial charge in [-0.05, 0) is 53.6 Å². The molecule has 2 aromatic heterocycles.